The fourth-order valence-corrected chi connectivity index (χ4v) is 4.30. The summed E-state index contributed by atoms with van der Waals surface area (Å²) < 4.78 is 37.8. The number of hydrogen-bond donors (Lipinski definition) is 1. The molecular weight excluding hydrogens is 420 g/mol. The third-order valence-corrected chi connectivity index (χ3v) is 6.14. The van der Waals surface area contributed by atoms with Crippen LogP contribution in [0.4, 0.5) is 5.69 Å². The van der Waals surface area contributed by atoms with E-state index >= 15 is 0 Å². The summed E-state index contributed by atoms with van der Waals surface area (Å²) in [5.41, 5.74) is 3.31. The van der Waals surface area contributed by atoms with Crippen LogP contribution in [0.5, 0.6) is 11.5 Å². The molecule has 1 aliphatic heterocycles. The molecule has 1 N–H and O–H groups in total. The quantitative estimate of drug-likeness (QED) is 0.447. The van der Waals surface area contributed by atoms with Crippen LogP contribution in [0, 0.1) is 0 Å². The molecule has 0 saturated heterocycles. The first-order valence-electron chi connectivity index (χ1n) is 9.23. The number of amides is 1. The van der Waals surface area contributed by atoms with Gasteiger partial charge in [0.2, 0.25) is 6.79 Å². The first-order valence-corrected chi connectivity index (χ1v) is 10.7. The highest BCUT2D eigenvalue weighted by atomic mass is 32.2. The Kier molecular flexibility index (Phi) is 5.80. The van der Waals surface area contributed by atoms with E-state index in [0.29, 0.717) is 17.1 Å². The molecule has 0 radical (unpaired) electrons. The van der Waals surface area contributed by atoms with Gasteiger partial charge in [-0.3, -0.25) is 14.1 Å². The lowest BCUT2D eigenvalue weighted by Gasteiger charge is -2.23. The molecule has 0 bridgehead atoms. The number of carbonyl (C=O) groups is 1. The highest BCUT2D eigenvalue weighted by Crippen LogP contribution is 2.32. The lowest BCUT2D eigenvalue weighted by molar-refractivity contribution is -0.119. The van der Waals surface area contributed by atoms with E-state index < -0.39 is 22.5 Å². The average Bonchev–Trinajstić information content (AvgIpc) is 3.26. The zero-order valence-corrected chi connectivity index (χ0v) is 17.0. The molecule has 0 aliphatic carbocycles. The summed E-state index contributed by atoms with van der Waals surface area (Å²) in [6, 6.07) is 16.3. The second-order valence-electron chi connectivity index (χ2n) is 6.44. The van der Waals surface area contributed by atoms with E-state index in [-0.39, 0.29) is 17.4 Å². The van der Waals surface area contributed by atoms with Crippen LogP contribution in [0.3, 0.4) is 0 Å². The molecule has 9 nitrogen and oxygen atoms in total. The number of pyridine rings is 1. The van der Waals surface area contributed by atoms with Crippen molar-refractivity contribution in [2.24, 2.45) is 5.10 Å². The molecule has 0 saturated carbocycles. The van der Waals surface area contributed by atoms with Gasteiger partial charge in [-0.05, 0) is 48.0 Å². The lowest BCUT2D eigenvalue weighted by atomic mass is 10.2. The zero-order chi connectivity index (χ0) is 21.7. The predicted molar refractivity (Wildman–Crippen MR) is 114 cm³/mol. The van der Waals surface area contributed by atoms with Crippen LogP contribution in [0.25, 0.3) is 0 Å². The Labute approximate surface area is 179 Å². The summed E-state index contributed by atoms with van der Waals surface area (Å²) in [6.07, 6.45) is 4.33. The summed E-state index contributed by atoms with van der Waals surface area (Å²) in [6.45, 7) is -0.311. The number of nitrogens with one attached hydrogen (secondary N) is 1. The third kappa shape index (κ3) is 4.64. The van der Waals surface area contributed by atoms with Gasteiger partial charge in [0.25, 0.3) is 15.9 Å². The fraction of sp³-hybridized carbons (Fsp3) is 0.0952. The molecule has 2 aromatic carbocycles. The number of carbonyl (C=O) groups excluding carboxylic acids is 1. The highest BCUT2D eigenvalue weighted by molar-refractivity contribution is 7.92. The number of hydrazone groups is 1. The van der Waals surface area contributed by atoms with E-state index in [1.807, 2.05) is 0 Å². The van der Waals surface area contributed by atoms with Crippen molar-refractivity contribution in [1.29, 1.82) is 0 Å². The van der Waals surface area contributed by atoms with E-state index in [1.165, 1.54) is 30.7 Å². The van der Waals surface area contributed by atoms with Gasteiger partial charge in [0.05, 0.1) is 23.0 Å². The van der Waals surface area contributed by atoms with Gasteiger partial charge in [-0.15, -0.1) is 0 Å². The molecule has 2 heterocycles. The van der Waals surface area contributed by atoms with E-state index in [9.17, 15) is 13.2 Å². The number of aromatic nitrogens is 1. The monoisotopic (exact) mass is 438 g/mol. The van der Waals surface area contributed by atoms with Gasteiger partial charge in [-0.25, -0.2) is 13.8 Å². The molecule has 31 heavy (non-hydrogen) atoms. The SMILES string of the molecule is O=C(CN(c1cccnc1)S(=O)(=O)c1ccccc1)N/N=C/c1ccc2c(c1)OCO2. The first-order chi connectivity index (χ1) is 15.0. The fourth-order valence-electron chi connectivity index (χ4n) is 2.87. The molecule has 0 fully saturated rings. The first kappa shape index (κ1) is 20.4. The van der Waals surface area contributed by atoms with Crippen molar-refractivity contribution in [3.05, 3.63) is 78.6 Å². The van der Waals surface area contributed by atoms with Gasteiger partial charge in [-0.1, -0.05) is 18.2 Å². The van der Waals surface area contributed by atoms with Gasteiger partial charge >= 0.3 is 0 Å². The number of sulfonamides is 1. The van der Waals surface area contributed by atoms with Crippen molar-refractivity contribution in [2.45, 2.75) is 4.90 Å². The Morgan fingerprint density at radius 3 is 2.68 bits per heavy atom. The van der Waals surface area contributed by atoms with Crippen molar-refractivity contribution in [3.63, 3.8) is 0 Å². The van der Waals surface area contributed by atoms with Crippen LogP contribution in [0.1, 0.15) is 5.56 Å². The average molecular weight is 438 g/mol. The largest absolute Gasteiger partial charge is 0.454 e. The molecule has 158 valence electrons. The molecule has 4 rings (SSSR count). The normalized spacial score (nSPS) is 12.6. The van der Waals surface area contributed by atoms with E-state index in [4.69, 9.17) is 9.47 Å². The van der Waals surface area contributed by atoms with Crippen molar-refractivity contribution in [1.82, 2.24) is 10.4 Å². The molecule has 1 amide bonds. The summed E-state index contributed by atoms with van der Waals surface area (Å²) in [7, 11) is -3.98. The number of ether oxygens (including phenoxy) is 2. The third-order valence-electron chi connectivity index (χ3n) is 4.35. The van der Waals surface area contributed by atoms with E-state index in [0.717, 1.165) is 4.31 Å². The number of anilines is 1. The van der Waals surface area contributed by atoms with Gasteiger partial charge in [0, 0.05) is 6.20 Å². The van der Waals surface area contributed by atoms with Crippen LogP contribution in [0.2, 0.25) is 0 Å². The van der Waals surface area contributed by atoms with Crippen molar-refractivity contribution in [3.8, 4) is 11.5 Å². The van der Waals surface area contributed by atoms with E-state index in [2.05, 4.69) is 15.5 Å². The van der Waals surface area contributed by atoms with Crippen LogP contribution in [-0.2, 0) is 14.8 Å². The summed E-state index contributed by atoms with van der Waals surface area (Å²) in [5, 5.41) is 3.91. The molecule has 1 aromatic heterocycles. The number of fused-ring (bicyclic) bond motifs is 1. The summed E-state index contributed by atoms with van der Waals surface area (Å²) >= 11 is 0. The Morgan fingerprint density at radius 2 is 1.90 bits per heavy atom. The van der Waals surface area contributed by atoms with Crippen molar-refractivity contribution in [2.75, 3.05) is 17.6 Å². The molecule has 0 spiro atoms. The van der Waals surface area contributed by atoms with Crippen LogP contribution >= 0.6 is 0 Å². The minimum Gasteiger partial charge on any atom is -0.454 e. The number of rotatable bonds is 7. The summed E-state index contributed by atoms with van der Waals surface area (Å²) in [4.78, 5) is 16.5. The smallest absolute Gasteiger partial charge is 0.264 e. The molecule has 0 atom stereocenters. The molecule has 1 aliphatic rings. The second-order valence-corrected chi connectivity index (χ2v) is 8.30. The zero-order valence-electron chi connectivity index (χ0n) is 16.2. The van der Waals surface area contributed by atoms with Crippen LogP contribution < -0.4 is 19.2 Å². The van der Waals surface area contributed by atoms with Crippen LogP contribution in [-0.4, -0.2) is 38.9 Å². The molecule has 10 heteroatoms. The van der Waals surface area contributed by atoms with Gasteiger partial charge in [0.15, 0.2) is 11.5 Å². The Hall–Kier alpha value is -3.92. The van der Waals surface area contributed by atoms with Gasteiger partial charge in [-0.2, -0.15) is 5.10 Å². The summed E-state index contributed by atoms with van der Waals surface area (Å²) in [5.74, 6) is 0.617. The van der Waals surface area contributed by atoms with Crippen LogP contribution in [0.15, 0.2) is 83.1 Å². The van der Waals surface area contributed by atoms with Gasteiger partial charge in [0.1, 0.15) is 6.54 Å². The maximum atomic E-state index is 13.1. The predicted octanol–water partition coefficient (Wildman–Crippen LogP) is 2.16. The maximum Gasteiger partial charge on any atom is 0.264 e. The maximum absolute atomic E-state index is 13.1. The Balaban J connectivity index is 1.50. The molecule has 0 unspecified atom stereocenters. The molecule has 3 aromatic rings. The van der Waals surface area contributed by atoms with Crippen molar-refractivity contribution < 1.29 is 22.7 Å². The highest BCUT2D eigenvalue weighted by Gasteiger charge is 2.27. The minimum absolute atomic E-state index is 0.0653. The second kappa shape index (κ2) is 8.84. The number of nitrogens with zero attached hydrogens (tertiary/aromatic N) is 3. The van der Waals surface area contributed by atoms with Gasteiger partial charge < -0.3 is 9.47 Å². The molecular formula is C21H18N4O5S. The number of benzene rings is 2. The standard InChI is InChI=1S/C21H18N4O5S/c26-21(24-23-12-16-8-9-19-20(11-16)30-15-29-19)14-25(17-5-4-10-22-13-17)31(27,28)18-6-2-1-3-7-18/h1-13H,14-15H2,(H,24,26)/b23-12+. The Bertz CT molecular complexity index is 1200. The topological polar surface area (TPSA) is 110 Å². The lowest BCUT2D eigenvalue weighted by Crippen LogP contribution is -2.39. The minimum atomic E-state index is -3.98. The van der Waals surface area contributed by atoms with E-state index in [1.54, 1.807) is 48.5 Å². The number of hydrogen-bond acceptors (Lipinski definition) is 7. The van der Waals surface area contributed by atoms with Crippen molar-refractivity contribution >= 4 is 27.8 Å². The Morgan fingerprint density at radius 1 is 1.10 bits per heavy atom.